The van der Waals surface area contributed by atoms with Gasteiger partial charge in [0.05, 0.1) is 12.4 Å². The number of aromatic amines is 1. The molecule has 0 saturated heterocycles. The minimum atomic E-state index is -3.31. The van der Waals surface area contributed by atoms with E-state index in [-0.39, 0.29) is 0 Å². The Hall–Kier alpha value is -2.82. The van der Waals surface area contributed by atoms with Crippen molar-refractivity contribution in [1.29, 1.82) is 0 Å². The molecule has 0 bridgehead atoms. The number of aromatic nitrogens is 3. The highest BCUT2D eigenvalue weighted by atomic mass is 32.2. The molecule has 0 amide bonds. The predicted molar refractivity (Wildman–Crippen MR) is 131 cm³/mol. The number of sulfone groups is 1. The molecule has 0 aliphatic carbocycles. The predicted octanol–water partition coefficient (Wildman–Crippen LogP) is 4.13. The molecule has 1 unspecified atom stereocenters. The zero-order chi connectivity index (χ0) is 23.4. The maximum absolute atomic E-state index is 12.2. The Kier molecular flexibility index (Phi) is 7.06. The van der Waals surface area contributed by atoms with Gasteiger partial charge in [-0.3, -0.25) is 4.90 Å². The first-order valence-electron chi connectivity index (χ1n) is 10.4. The fraction of sp³-hybridized carbons (Fsp3) is 0.304. The quantitative estimate of drug-likeness (QED) is 0.334. The lowest BCUT2D eigenvalue weighted by Gasteiger charge is -2.21. The van der Waals surface area contributed by atoms with E-state index in [1.165, 1.54) is 6.26 Å². The van der Waals surface area contributed by atoms with E-state index in [4.69, 9.17) is 9.15 Å². The summed E-state index contributed by atoms with van der Waals surface area (Å²) < 4.78 is 36.0. The topological polar surface area (TPSA) is 101 Å². The van der Waals surface area contributed by atoms with Crippen molar-refractivity contribution in [3.8, 4) is 17.2 Å². The number of rotatable bonds is 10. The number of thioether (sulfide) groups is 1. The SMILES string of the molecule is CN(C)C(c1cc2ccc(-c3nnc(CSCCOc4ccccc4)o3)cc2[nH]1)S(C)(=O)=O. The van der Waals surface area contributed by atoms with Gasteiger partial charge in [-0.1, -0.05) is 24.3 Å². The molecule has 0 radical (unpaired) electrons. The number of ether oxygens (including phenoxy) is 1. The van der Waals surface area contributed by atoms with Crippen molar-refractivity contribution in [3.05, 3.63) is 66.2 Å². The summed E-state index contributed by atoms with van der Waals surface area (Å²) in [6.07, 6.45) is 1.24. The summed E-state index contributed by atoms with van der Waals surface area (Å²) in [5.74, 6) is 3.23. The first kappa shape index (κ1) is 23.3. The van der Waals surface area contributed by atoms with Crippen LogP contribution in [-0.2, 0) is 15.6 Å². The van der Waals surface area contributed by atoms with Crippen molar-refractivity contribution in [2.75, 3.05) is 32.7 Å². The van der Waals surface area contributed by atoms with E-state index in [0.29, 0.717) is 29.8 Å². The molecule has 0 spiro atoms. The number of nitrogens with one attached hydrogen (secondary N) is 1. The number of H-pyrrole nitrogens is 1. The minimum Gasteiger partial charge on any atom is -0.493 e. The maximum atomic E-state index is 12.2. The fourth-order valence-electron chi connectivity index (χ4n) is 3.63. The summed E-state index contributed by atoms with van der Waals surface area (Å²) in [5.41, 5.74) is 2.20. The third-order valence-electron chi connectivity index (χ3n) is 4.96. The van der Waals surface area contributed by atoms with Gasteiger partial charge in [-0.05, 0) is 49.8 Å². The van der Waals surface area contributed by atoms with Crippen molar-refractivity contribution in [2.45, 2.75) is 11.1 Å². The van der Waals surface area contributed by atoms with E-state index in [9.17, 15) is 8.42 Å². The average Bonchev–Trinajstić information content (AvgIpc) is 3.39. The van der Waals surface area contributed by atoms with Gasteiger partial charge in [0, 0.05) is 28.8 Å². The molecule has 174 valence electrons. The summed E-state index contributed by atoms with van der Waals surface area (Å²) in [4.78, 5) is 4.91. The highest BCUT2D eigenvalue weighted by molar-refractivity contribution is 7.98. The van der Waals surface area contributed by atoms with Gasteiger partial charge >= 0.3 is 0 Å². The molecule has 0 aliphatic heterocycles. The van der Waals surface area contributed by atoms with E-state index in [0.717, 1.165) is 28.0 Å². The molecule has 0 aliphatic rings. The smallest absolute Gasteiger partial charge is 0.247 e. The van der Waals surface area contributed by atoms with Gasteiger partial charge in [0.15, 0.2) is 15.2 Å². The Morgan fingerprint density at radius 2 is 1.91 bits per heavy atom. The molecule has 0 saturated carbocycles. The van der Waals surface area contributed by atoms with Crippen LogP contribution in [0.1, 0.15) is 17.0 Å². The highest BCUT2D eigenvalue weighted by Crippen LogP contribution is 2.29. The van der Waals surface area contributed by atoms with Gasteiger partial charge < -0.3 is 14.1 Å². The monoisotopic (exact) mass is 486 g/mol. The molecule has 2 heterocycles. The summed E-state index contributed by atoms with van der Waals surface area (Å²) in [6.45, 7) is 0.600. The van der Waals surface area contributed by atoms with E-state index in [1.54, 1.807) is 30.8 Å². The van der Waals surface area contributed by atoms with Gasteiger partial charge in [0.1, 0.15) is 5.75 Å². The number of fused-ring (bicyclic) bond motifs is 1. The molecule has 4 rings (SSSR count). The Bertz CT molecular complexity index is 1320. The molecule has 8 nitrogen and oxygen atoms in total. The Morgan fingerprint density at radius 1 is 1.12 bits per heavy atom. The van der Waals surface area contributed by atoms with Crippen LogP contribution in [-0.4, -0.2) is 61.2 Å². The lowest BCUT2D eigenvalue weighted by atomic mass is 10.1. The van der Waals surface area contributed by atoms with Crippen molar-refractivity contribution >= 4 is 32.5 Å². The lowest BCUT2D eigenvalue weighted by Crippen LogP contribution is -2.27. The molecule has 2 aromatic heterocycles. The number of hydrogen-bond acceptors (Lipinski definition) is 8. The molecule has 4 aromatic rings. The van der Waals surface area contributed by atoms with Gasteiger partial charge in [0.2, 0.25) is 11.8 Å². The third-order valence-corrected chi connectivity index (χ3v) is 7.36. The zero-order valence-electron chi connectivity index (χ0n) is 18.7. The summed E-state index contributed by atoms with van der Waals surface area (Å²) in [5, 5.41) is 8.48. The molecular formula is C23H26N4O4S2. The molecule has 33 heavy (non-hydrogen) atoms. The summed E-state index contributed by atoms with van der Waals surface area (Å²) in [6, 6.07) is 17.3. The number of benzene rings is 2. The number of para-hydroxylation sites is 1. The van der Waals surface area contributed by atoms with Gasteiger partial charge in [-0.2, -0.15) is 0 Å². The molecule has 10 heteroatoms. The lowest BCUT2D eigenvalue weighted by molar-refractivity contribution is 0.344. The minimum absolute atomic E-state index is 0.427. The van der Waals surface area contributed by atoms with Gasteiger partial charge in [0.25, 0.3) is 0 Å². The summed E-state index contributed by atoms with van der Waals surface area (Å²) >= 11 is 1.66. The Morgan fingerprint density at radius 3 is 2.64 bits per heavy atom. The van der Waals surface area contributed by atoms with Crippen molar-refractivity contribution in [3.63, 3.8) is 0 Å². The molecule has 2 aromatic carbocycles. The average molecular weight is 487 g/mol. The standard InChI is InChI=1S/C23H26N4O4S2/c1-27(2)23(33(3,28)29)20-13-16-9-10-17(14-19(16)24-20)22-26-25-21(31-22)15-32-12-11-30-18-7-5-4-6-8-18/h4-10,13-14,23-24H,11-12,15H2,1-3H3. The van der Waals surface area contributed by atoms with Crippen LogP contribution in [0.5, 0.6) is 5.75 Å². The van der Waals surface area contributed by atoms with Crippen LogP contribution in [0.2, 0.25) is 0 Å². The van der Waals surface area contributed by atoms with Gasteiger partial charge in [-0.25, -0.2) is 8.42 Å². The molecular weight excluding hydrogens is 460 g/mol. The molecule has 0 fully saturated rings. The second-order valence-corrected chi connectivity index (χ2v) is 11.1. The van der Waals surface area contributed by atoms with E-state index in [1.807, 2.05) is 54.6 Å². The van der Waals surface area contributed by atoms with E-state index in [2.05, 4.69) is 15.2 Å². The van der Waals surface area contributed by atoms with Crippen molar-refractivity contribution in [1.82, 2.24) is 20.1 Å². The Labute approximate surface area is 197 Å². The third kappa shape index (κ3) is 5.76. The number of hydrogen-bond donors (Lipinski definition) is 1. The molecule has 1 atom stereocenters. The normalized spacial score (nSPS) is 13.0. The van der Waals surface area contributed by atoms with Crippen molar-refractivity contribution < 1.29 is 17.6 Å². The molecule has 1 N–H and O–H groups in total. The van der Waals surface area contributed by atoms with Crippen LogP contribution >= 0.6 is 11.8 Å². The van der Waals surface area contributed by atoms with E-state index < -0.39 is 15.2 Å². The van der Waals surface area contributed by atoms with Crippen LogP contribution in [0.4, 0.5) is 0 Å². The van der Waals surface area contributed by atoms with Gasteiger partial charge in [-0.15, -0.1) is 22.0 Å². The summed E-state index contributed by atoms with van der Waals surface area (Å²) in [7, 11) is 0.179. The number of nitrogens with zero attached hydrogens (tertiary/aromatic N) is 3. The van der Waals surface area contributed by atoms with Crippen LogP contribution < -0.4 is 4.74 Å². The van der Waals surface area contributed by atoms with Crippen LogP contribution in [0.3, 0.4) is 0 Å². The Balaban J connectivity index is 1.40. The largest absolute Gasteiger partial charge is 0.493 e. The highest BCUT2D eigenvalue weighted by Gasteiger charge is 2.26. The van der Waals surface area contributed by atoms with Crippen LogP contribution in [0, 0.1) is 0 Å². The van der Waals surface area contributed by atoms with Crippen LogP contribution in [0.25, 0.3) is 22.4 Å². The first-order valence-corrected chi connectivity index (χ1v) is 13.5. The van der Waals surface area contributed by atoms with Crippen molar-refractivity contribution in [2.24, 2.45) is 0 Å². The van der Waals surface area contributed by atoms with E-state index >= 15 is 0 Å². The second kappa shape index (κ2) is 9.98. The zero-order valence-corrected chi connectivity index (χ0v) is 20.3. The first-order chi connectivity index (χ1) is 15.8. The fourth-order valence-corrected chi connectivity index (χ4v) is 5.62. The maximum Gasteiger partial charge on any atom is 0.247 e. The second-order valence-electron chi connectivity index (χ2n) is 7.89. The van der Waals surface area contributed by atoms with Crippen LogP contribution in [0.15, 0.2) is 59.0 Å².